The Balaban J connectivity index is 1.92. The number of hydrogen-bond donors (Lipinski definition) is 3. The van der Waals surface area contributed by atoms with Crippen LogP contribution >= 0.6 is 15.9 Å². The molecule has 1 aromatic heterocycles. The van der Waals surface area contributed by atoms with Gasteiger partial charge in [0.1, 0.15) is 5.60 Å². The molecule has 0 aliphatic heterocycles. The lowest BCUT2D eigenvalue weighted by atomic mass is 10.2. The number of halogens is 1. The number of carbonyl (C=O) groups excluding carboxylic acids is 2. The zero-order chi connectivity index (χ0) is 18.4. The summed E-state index contributed by atoms with van der Waals surface area (Å²) in [5.74, 6) is 0.167. The number of hydrogen-bond acceptors (Lipinski definition) is 5. The minimum atomic E-state index is -0.574. The maximum Gasteiger partial charge on any atom is 0.412 e. The third-order valence-electron chi connectivity index (χ3n) is 2.85. The average molecular weight is 407 g/mol. The van der Waals surface area contributed by atoms with Crippen molar-refractivity contribution in [2.75, 3.05) is 10.7 Å². The molecule has 2 aromatic rings. The number of benzene rings is 1. The molecule has 2 amide bonds. The summed E-state index contributed by atoms with van der Waals surface area (Å²) in [6.07, 6.45) is 1.06. The molecule has 0 radical (unpaired) electrons. The van der Waals surface area contributed by atoms with Gasteiger partial charge in [0, 0.05) is 17.4 Å². The van der Waals surface area contributed by atoms with Gasteiger partial charge < -0.3 is 4.74 Å². The molecule has 0 spiro atoms. The van der Waals surface area contributed by atoms with E-state index < -0.39 is 11.7 Å². The SMILES string of the molecule is CC(C)(C)OC(=O)Nc1ccc(C(=O)NNc2ncccc2Br)cc1. The summed E-state index contributed by atoms with van der Waals surface area (Å²) in [4.78, 5) is 27.9. The third kappa shape index (κ3) is 6.07. The number of nitrogens with one attached hydrogen (secondary N) is 3. The van der Waals surface area contributed by atoms with Gasteiger partial charge >= 0.3 is 6.09 Å². The largest absolute Gasteiger partial charge is 0.444 e. The number of pyridine rings is 1. The summed E-state index contributed by atoms with van der Waals surface area (Å²) in [6, 6.07) is 10.0. The van der Waals surface area contributed by atoms with Crippen LogP contribution < -0.4 is 16.2 Å². The molecule has 1 aromatic carbocycles. The van der Waals surface area contributed by atoms with Crippen LogP contribution in [0.25, 0.3) is 0 Å². The normalized spacial score (nSPS) is 10.7. The first kappa shape index (κ1) is 18.7. The highest BCUT2D eigenvalue weighted by Gasteiger charge is 2.16. The number of aromatic nitrogens is 1. The highest BCUT2D eigenvalue weighted by Crippen LogP contribution is 2.17. The van der Waals surface area contributed by atoms with Gasteiger partial charge in [0.15, 0.2) is 5.82 Å². The van der Waals surface area contributed by atoms with Crippen LogP contribution in [0.4, 0.5) is 16.3 Å². The Morgan fingerprint density at radius 3 is 2.40 bits per heavy atom. The summed E-state index contributed by atoms with van der Waals surface area (Å²) < 4.78 is 5.90. The Kier molecular flexibility index (Phi) is 5.97. The predicted octanol–water partition coefficient (Wildman–Crippen LogP) is 3.95. The van der Waals surface area contributed by atoms with E-state index in [1.807, 2.05) is 0 Å². The van der Waals surface area contributed by atoms with Crippen LogP contribution in [0.3, 0.4) is 0 Å². The average Bonchev–Trinajstić information content (AvgIpc) is 2.52. The zero-order valence-corrected chi connectivity index (χ0v) is 15.7. The minimum absolute atomic E-state index is 0.332. The van der Waals surface area contributed by atoms with Crippen LogP contribution in [-0.2, 0) is 4.74 Å². The van der Waals surface area contributed by atoms with Gasteiger partial charge in [-0.05, 0) is 73.1 Å². The lowest BCUT2D eigenvalue weighted by Gasteiger charge is -2.19. The number of carbonyl (C=O) groups is 2. The van der Waals surface area contributed by atoms with Gasteiger partial charge in [0.25, 0.3) is 5.91 Å². The smallest absolute Gasteiger partial charge is 0.412 e. The highest BCUT2D eigenvalue weighted by molar-refractivity contribution is 9.10. The van der Waals surface area contributed by atoms with Crippen molar-refractivity contribution in [2.24, 2.45) is 0 Å². The van der Waals surface area contributed by atoms with Crippen molar-refractivity contribution in [3.63, 3.8) is 0 Å². The van der Waals surface area contributed by atoms with E-state index in [0.29, 0.717) is 17.1 Å². The summed E-state index contributed by atoms with van der Waals surface area (Å²) in [7, 11) is 0. The monoisotopic (exact) mass is 406 g/mol. The number of amides is 2. The number of hydrazine groups is 1. The van der Waals surface area contributed by atoms with E-state index in [1.54, 1.807) is 63.4 Å². The van der Waals surface area contributed by atoms with E-state index >= 15 is 0 Å². The Bertz CT molecular complexity index is 757. The van der Waals surface area contributed by atoms with Gasteiger partial charge in [-0.1, -0.05) is 0 Å². The third-order valence-corrected chi connectivity index (χ3v) is 3.49. The first-order valence-electron chi connectivity index (χ1n) is 7.51. The fourth-order valence-electron chi connectivity index (χ4n) is 1.79. The molecule has 0 aliphatic carbocycles. The van der Waals surface area contributed by atoms with Crippen molar-refractivity contribution < 1.29 is 14.3 Å². The van der Waals surface area contributed by atoms with Crippen molar-refractivity contribution in [1.82, 2.24) is 10.4 Å². The van der Waals surface area contributed by atoms with Gasteiger partial charge in [-0.25, -0.2) is 9.78 Å². The molecule has 0 saturated heterocycles. The fourth-order valence-corrected chi connectivity index (χ4v) is 2.15. The standard InChI is InChI=1S/C17H19BrN4O3/c1-17(2,3)25-16(24)20-12-8-6-11(7-9-12)15(23)22-21-14-13(18)5-4-10-19-14/h4-10H,1-3H3,(H,19,21)(H,20,24)(H,22,23). The molecular weight excluding hydrogens is 388 g/mol. The maximum atomic E-state index is 12.1. The van der Waals surface area contributed by atoms with Gasteiger partial charge in [0.05, 0.1) is 4.47 Å². The molecule has 0 saturated carbocycles. The van der Waals surface area contributed by atoms with Crippen LogP contribution in [0.2, 0.25) is 0 Å². The van der Waals surface area contributed by atoms with Crippen LogP contribution in [0.15, 0.2) is 47.1 Å². The number of anilines is 2. The van der Waals surface area contributed by atoms with Crippen molar-refractivity contribution in [2.45, 2.75) is 26.4 Å². The second kappa shape index (κ2) is 7.98. The number of nitrogens with zero attached hydrogens (tertiary/aromatic N) is 1. The summed E-state index contributed by atoms with van der Waals surface area (Å²) >= 11 is 3.33. The Hall–Kier alpha value is -2.61. The highest BCUT2D eigenvalue weighted by atomic mass is 79.9. The van der Waals surface area contributed by atoms with E-state index in [4.69, 9.17) is 4.74 Å². The molecule has 0 unspecified atom stereocenters. The quantitative estimate of drug-likeness (QED) is 0.668. The summed E-state index contributed by atoms with van der Waals surface area (Å²) in [6.45, 7) is 5.35. The minimum Gasteiger partial charge on any atom is -0.444 e. The summed E-state index contributed by atoms with van der Waals surface area (Å²) in [5, 5.41) is 2.61. The molecule has 25 heavy (non-hydrogen) atoms. The van der Waals surface area contributed by atoms with E-state index in [-0.39, 0.29) is 5.91 Å². The molecule has 8 heteroatoms. The van der Waals surface area contributed by atoms with Gasteiger partial charge in [-0.15, -0.1) is 0 Å². The Morgan fingerprint density at radius 1 is 1.12 bits per heavy atom. The van der Waals surface area contributed by atoms with Gasteiger partial charge in [-0.3, -0.25) is 21.0 Å². The predicted molar refractivity (Wildman–Crippen MR) is 99.3 cm³/mol. The van der Waals surface area contributed by atoms with Gasteiger partial charge in [-0.2, -0.15) is 0 Å². The molecule has 0 fully saturated rings. The lowest BCUT2D eigenvalue weighted by molar-refractivity contribution is 0.0636. The van der Waals surface area contributed by atoms with E-state index in [9.17, 15) is 9.59 Å². The van der Waals surface area contributed by atoms with Crippen LogP contribution in [0, 0.1) is 0 Å². The van der Waals surface area contributed by atoms with E-state index in [0.717, 1.165) is 4.47 Å². The molecular formula is C17H19BrN4O3. The summed E-state index contributed by atoms with van der Waals surface area (Å²) in [5.41, 5.74) is 5.68. The molecule has 0 bridgehead atoms. The topological polar surface area (TPSA) is 92.3 Å². The fraction of sp³-hybridized carbons (Fsp3) is 0.235. The Labute approximate surface area is 154 Å². The molecule has 0 atom stereocenters. The maximum absolute atomic E-state index is 12.1. The number of ether oxygens (including phenoxy) is 1. The molecule has 0 aliphatic rings. The number of rotatable bonds is 4. The first-order valence-corrected chi connectivity index (χ1v) is 8.31. The van der Waals surface area contributed by atoms with Crippen LogP contribution in [-0.4, -0.2) is 22.6 Å². The zero-order valence-electron chi connectivity index (χ0n) is 14.1. The molecule has 7 nitrogen and oxygen atoms in total. The molecule has 132 valence electrons. The van der Waals surface area contributed by atoms with Crippen molar-refractivity contribution in [3.8, 4) is 0 Å². The lowest BCUT2D eigenvalue weighted by Crippen LogP contribution is -2.30. The second-order valence-electron chi connectivity index (χ2n) is 6.12. The molecule has 3 N–H and O–H groups in total. The van der Waals surface area contributed by atoms with Crippen molar-refractivity contribution in [3.05, 3.63) is 52.6 Å². The molecule has 1 heterocycles. The molecule has 2 rings (SSSR count). The Morgan fingerprint density at radius 2 is 1.80 bits per heavy atom. The first-order chi connectivity index (χ1) is 11.7. The van der Waals surface area contributed by atoms with Gasteiger partial charge in [0.2, 0.25) is 0 Å². The van der Waals surface area contributed by atoms with E-state index in [1.165, 1.54) is 0 Å². The van der Waals surface area contributed by atoms with Crippen LogP contribution in [0.5, 0.6) is 0 Å². The van der Waals surface area contributed by atoms with Crippen LogP contribution in [0.1, 0.15) is 31.1 Å². The van der Waals surface area contributed by atoms with Crippen molar-refractivity contribution >= 4 is 39.4 Å². The van der Waals surface area contributed by atoms with E-state index in [2.05, 4.69) is 37.1 Å². The van der Waals surface area contributed by atoms with Crippen molar-refractivity contribution in [1.29, 1.82) is 0 Å². The second-order valence-corrected chi connectivity index (χ2v) is 6.97.